The maximum Gasteiger partial charge on any atom is 0.494 e. The first kappa shape index (κ1) is 22.9. The third-order valence-corrected chi connectivity index (χ3v) is 9.77. The van der Waals surface area contributed by atoms with Crippen molar-refractivity contribution in [2.75, 3.05) is 0 Å². The third-order valence-electron chi connectivity index (χ3n) is 8.62. The lowest BCUT2D eigenvalue weighted by atomic mass is 9.65. The van der Waals surface area contributed by atoms with E-state index in [1.54, 1.807) is 11.8 Å². The smallest absolute Gasteiger partial charge is 0.399 e. The van der Waals surface area contributed by atoms with Crippen molar-refractivity contribution in [1.29, 1.82) is 5.26 Å². The van der Waals surface area contributed by atoms with Gasteiger partial charge in [-0.1, -0.05) is 72.4 Å². The molecular formula is C32H26BNO2S. The van der Waals surface area contributed by atoms with Gasteiger partial charge < -0.3 is 9.31 Å². The van der Waals surface area contributed by atoms with Gasteiger partial charge in [-0.05, 0) is 90.8 Å². The van der Waals surface area contributed by atoms with Crippen LogP contribution in [0.1, 0.15) is 55.5 Å². The molecular weight excluding hydrogens is 473 g/mol. The summed E-state index contributed by atoms with van der Waals surface area (Å²) in [6.07, 6.45) is 0. The molecule has 2 heterocycles. The quantitative estimate of drug-likeness (QED) is 0.237. The Kier molecular flexibility index (Phi) is 4.71. The van der Waals surface area contributed by atoms with Gasteiger partial charge in [0.2, 0.25) is 0 Å². The molecule has 0 N–H and O–H groups in total. The van der Waals surface area contributed by atoms with Crippen LogP contribution in [0.5, 0.6) is 0 Å². The molecule has 0 atom stereocenters. The zero-order valence-electron chi connectivity index (χ0n) is 21.3. The number of fused-ring (bicyclic) bond motifs is 9. The second-order valence-corrected chi connectivity index (χ2v) is 12.2. The molecule has 2 aliphatic heterocycles. The molecule has 0 amide bonds. The monoisotopic (exact) mass is 499 g/mol. The summed E-state index contributed by atoms with van der Waals surface area (Å²) in [5, 5.41) is 9.85. The van der Waals surface area contributed by atoms with Crippen molar-refractivity contribution in [2.45, 2.75) is 54.1 Å². The molecule has 1 fully saturated rings. The first-order chi connectivity index (χ1) is 17.8. The Hall–Kier alpha value is -3.30. The van der Waals surface area contributed by atoms with Gasteiger partial charge >= 0.3 is 7.12 Å². The van der Waals surface area contributed by atoms with Crippen molar-refractivity contribution in [3.05, 3.63) is 113 Å². The summed E-state index contributed by atoms with van der Waals surface area (Å²) in [7, 11) is -0.448. The van der Waals surface area contributed by atoms with Gasteiger partial charge in [-0.25, -0.2) is 0 Å². The predicted molar refractivity (Wildman–Crippen MR) is 148 cm³/mol. The SMILES string of the molecule is CC1(C)OB(c2ccc3c(c2)C2(c4cc(C#N)ccc4S3)c3ccccc3-c3ccccc32)OC1(C)C. The minimum absolute atomic E-state index is 0.416. The molecule has 0 saturated carbocycles. The van der Waals surface area contributed by atoms with Gasteiger partial charge in [0.15, 0.2) is 0 Å². The Labute approximate surface area is 222 Å². The van der Waals surface area contributed by atoms with E-state index in [2.05, 4.69) is 113 Å². The molecule has 3 aliphatic rings. The maximum atomic E-state index is 9.85. The second kappa shape index (κ2) is 7.62. The highest BCUT2D eigenvalue weighted by Gasteiger charge is 2.54. The zero-order valence-corrected chi connectivity index (χ0v) is 22.1. The Balaban J connectivity index is 1.55. The van der Waals surface area contributed by atoms with Crippen LogP contribution in [0.15, 0.2) is 94.7 Å². The summed E-state index contributed by atoms with van der Waals surface area (Å²) in [6, 6.07) is 32.6. The lowest BCUT2D eigenvalue weighted by Crippen LogP contribution is -2.41. The predicted octanol–water partition coefficient (Wildman–Crippen LogP) is 6.69. The van der Waals surface area contributed by atoms with Crippen LogP contribution in [0.2, 0.25) is 0 Å². The Morgan fingerprint density at radius 1 is 0.676 bits per heavy atom. The van der Waals surface area contributed by atoms with Crippen LogP contribution >= 0.6 is 11.8 Å². The molecule has 0 aromatic heterocycles. The lowest BCUT2D eigenvalue weighted by molar-refractivity contribution is 0.00578. The van der Waals surface area contributed by atoms with Crippen LogP contribution in [0.3, 0.4) is 0 Å². The van der Waals surface area contributed by atoms with E-state index < -0.39 is 23.7 Å². The molecule has 37 heavy (non-hydrogen) atoms. The first-order valence-corrected chi connectivity index (χ1v) is 13.5. The second-order valence-electron chi connectivity index (χ2n) is 11.1. The number of nitrogens with zero attached hydrogens (tertiary/aromatic N) is 1. The summed E-state index contributed by atoms with van der Waals surface area (Å²) in [5.74, 6) is 0. The number of hydrogen-bond acceptors (Lipinski definition) is 4. The van der Waals surface area contributed by atoms with E-state index in [1.807, 2.05) is 6.07 Å². The van der Waals surface area contributed by atoms with Gasteiger partial charge in [-0.2, -0.15) is 5.26 Å². The highest BCUT2D eigenvalue weighted by atomic mass is 32.2. The molecule has 1 aliphatic carbocycles. The molecule has 1 saturated heterocycles. The molecule has 180 valence electrons. The standard InChI is InChI=1S/C32H26BNO2S/c1-30(2)31(3,4)36-33(35-30)21-14-16-29-27(18-21)32(26-17-20(19-34)13-15-28(26)37-29)24-11-7-5-9-22(24)23-10-6-8-12-25(23)32/h5-18H,1-4H3. The lowest BCUT2D eigenvalue weighted by Gasteiger charge is -2.40. The van der Waals surface area contributed by atoms with E-state index >= 15 is 0 Å². The average Bonchev–Trinajstić information content (AvgIpc) is 3.31. The van der Waals surface area contributed by atoms with Crippen molar-refractivity contribution in [1.82, 2.24) is 0 Å². The van der Waals surface area contributed by atoms with Crippen LogP contribution in [-0.4, -0.2) is 18.3 Å². The summed E-state index contributed by atoms with van der Waals surface area (Å²) in [4.78, 5) is 2.39. The molecule has 0 radical (unpaired) electrons. The molecule has 7 rings (SSSR count). The number of benzene rings is 4. The Morgan fingerprint density at radius 2 is 1.22 bits per heavy atom. The molecule has 0 bridgehead atoms. The molecule has 4 aromatic carbocycles. The van der Waals surface area contributed by atoms with Gasteiger partial charge in [0.25, 0.3) is 0 Å². The van der Waals surface area contributed by atoms with Crippen LogP contribution in [-0.2, 0) is 14.7 Å². The molecule has 1 spiro atoms. The van der Waals surface area contributed by atoms with E-state index in [-0.39, 0.29) is 0 Å². The Bertz CT molecular complexity index is 1590. The van der Waals surface area contributed by atoms with Crippen LogP contribution in [0.4, 0.5) is 0 Å². The molecule has 5 heteroatoms. The highest BCUT2D eigenvalue weighted by Crippen LogP contribution is 2.62. The minimum Gasteiger partial charge on any atom is -0.399 e. The summed E-state index contributed by atoms with van der Waals surface area (Å²) < 4.78 is 12.9. The van der Waals surface area contributed by atoms with Crippen LogP contribution in [0, 0.1) is 11.3 Å². The van der Waals surface area contributed by atoms with E-state index in [4.69, 9.17) is 9.31 Å². The van der Waals surface area contributed by atoms with E-state index in [0.717, 1.165) is 11.0 Å². The van der Waals surface area contributed by atoms with Crippen molar-refractivity contribution in [3.8, 4) is 17.2 Å². The fourth-order valence-electron chi connectivity index (χ4n) is 6.12. The van der Waals surface area contributed by atoms with Crippen molar-refractivity contribution in [2.24, 2.45) is 0 Å². The summed E-state index contributed by atoms with van der Waals surface area (Å²) >= 11 is 1.77. The first-order valence-electron chi connectivity index (χ1n) is 12.7. The maximum absolute atomic E-state index is 9.85. The van der Waals surface area contributed by atoms with E-state index in [0.29, 0.717) is 5.56 Å². The van der Waals surface area contributed by atoms with E-state index in [1.165, 1.54) is 37.6 Å². The highest BCUT2D eigenvalue weighted by molar-refractivity contribution is 7.99. The van der Waals surface area contributed by atoms with Gasteiger partial charge in [-0.3, -0.25) is 0 Å². The normalized spacial score (nSPS) is 19.1. The number of rotatable bonds is 1. The van der Waals surface area contributed by atoms with Gasteiger partial charge in [-0.15, -0.1) is 0 Å². The number of nitriles is 1. The summed E-state index contributed by atoms with van der Waals surface area (Å²) in [6.45, 7) is 8.36. The summed E-state index contributed by atoms with van der Waals surface area (Å²) in [5.41, 5.74) is 7.68. The molecule has 3 nitrogen and oxygen atoms in total. The third kappa shape index (κ3) is 2.98. The fraction of sp³-hybridized carbons (Fsp3) is 0.219. The van der Waals surface area contributed by atoms with Crippen molar-refractivity contribution < 1.29 is 9.31 Å². The van der Waals surface area contributed by atoms with Gasteiger partial charge in [0.05, 0.1) is 28.2 Å². The van der Waals surface area contributed by atoms with Crippen molar-refractivity contribution >= 4 is 24.3 Å². The van der Waals surface area contributed by atoms with Gasteiger partial charge in [0, 0.05) is 9.79 Å². The Morgan fingerprint density at radius 3 is 1.81 bits per heavy atom. The topological polar surface area (TPSA) is 42.2 Å². The average molecular weight is 499 g/mol. The zero-order chi connectivity index (χ0) is 25.6. The fourth-order valence-corrected chi connectivity index (χ4v) is 7.27. The molecule has 0 unspecified atom stereocenters. The van der Waals surface area contributed by atoms with Gasteiger partial charge in [0.1, 0.15) is 0 Å². The van der Waals surface area contributed by atoms with Crippen LogP contribution in [0.25, 0.3) is 11.1 Å². The van der Waals surface area contributed by atoms with Crippen LogP contribution < -0.4 is 5.46 Å². The van der Waals surface area contributed by atoms with Crippen molar-refractivity contribution in [3.63, 3.8) is 0 Å². The minimum atomic E-state index is -0.532. The number of hydrogen-bond donors (Lipinski definition) is 0. The molecule has 4 aromatic rings. The van der Waals surface area contributed by atoms with E-state index in [9.17, 15) is 5.26 Å². The largest absolute Gasteiger partial charge is 0.494 e.